The summed E-state index contributed by atoms with van der Waals surface area (Å²) >= 11 is 0. The molecule has 1 aliphatic heterocycles. The van der Waals surface area contributed by atoms with Crippen molar-refractivity contribution >= 4 is 5.97 Å². The number of fused-ring (bicyclic) bond motifs is 2. The van der Waals surface area contributed by atoms with Crippen molar-refractivity contribution in [2.24, 2.45) is 0 Å². The van der Waals surface area contributed by atoms with Crippen LogP contribution in [0.3, 0.4) is 0 Å². The molecule has 2 aromatic rings. The third kappa shape index (κ3) is 2.82. The minimum absolute atomic E-state index is 0.118. The topological polar surface area (TPSA) is 46.5 Å². The van der Waals surface area contributed by atoms with Gasteiger partial charge in [0.2, 0.25) is 0 Å². The Morgan fingerprint density at radius 3 is 2.21 bits per heavy atom. The summed E-state index contributed by atoms with van der Waals surface area (Å²) in [5, 5.41) is 9.34. The molecule has 0 radical (unpaired) electrons. The van der Waals surface area contributed by atoms with E-state index in [1.54, 1.807) is 12.1 Å². The zero-order chi connectivity index (χ0) is 21.2. The molecular weight excluding hydrogens is 360 g/mol. The Kier molecular flexibility index (Phi) is 4.24. The molecule has 0 aromatic heterocycles. The molecule has 0 fully saturated rings. The molecule has 1 aliphatic carbocycles. The Morgan fingerprint density at radius 2 is 1.59 bits per heavy atom. The van der Waals surface area contributed by atoms with E-state index in [0.29, 0.717) is 12.4 Å². The van der Waals surface area contributed by atoms with Crippen LogP contribution in [0.5, 0.6) is 5.75 Å². The fourth-order valence-electron chi connectivity index (χ4n) is 5.08. The Bertz CT molecular complexity index is 1030. The summed E-state index contributed by atoms with van der Waals surface area (Å²) in [6, 6.07) is 12.1. The van der Waals surface area contributed by atoms with Gasteiger partial charge in [0.05, 0.1) is 11.0 Å². The molecule has 2 aromatic carbocycles. The van der Waals surface area contributed by atoms with Gasteiger partial charge < -0.3 is 9.84 Å². The van der Waals surface area contributed by atoms with Gasteiger partial charge in [0.1, 0.15) is 12.4 Å². The number of hydrogen-bond donors (Lipinski definition) is 1. The van der Waals surface area contributed by atoms with Crippen LogP contribution in [0.1, 0.15) is 80.1 Å². The molecule has 3 heteroatoms. The lowest BCUT2D eigenvalue weighted by atomic mass is 9.61. The van der Waals surface area contributed by atoms with Crippen LogP contribution in [0.4, 0.5) is 0 Å². The van der Waals surface area contributed by atoms with E-state index >= 15 is 0 Å². The monoisotopic (exact) mass is 390 g/mol. The van der Waals surface area contributed by atoms with E-state index < -0.39 is 11.4 Å². The molecule has 4 rings (SSSR count). The number of rotatable bonds is 3. The van der Waals surface area contributed by atoms with Crippen molar-refractivity contribution in [1.82, 2.24) is 0 Å². The molecule has 1 atom stereocenters. The Labute approximate surface area is 173 Å². The van der Waals surface area contributed by atoms with Crippen molar-refractivity contribution in [2.75, 3.05) is 6.61 Å². The third-order valence-corrected chi connectivity index (χ3v) is 7.21. The SMILES string of the molecule is C=C(C)C1(c2ccc3c(c2)C(C)(C)CCC3(C)C)COc2cc(C(=O)O)ccc21. The lowest BCUT2D eigenvalue weighted by Crippen LogP contribution is -2.36. The highest BCUT2D eigenvalue weighted by Gasteiger charge is 2.45. The Balaban J connectivity index is 1.92. The van der Waals surface area contributed by atoms with Gasteiger partial charge in [-0.1, -0.05) is 64.1 Å². The molecule has 0 bridgehead atoms. The molecule has 1 N–H and O–H groups in total. The van der Waals surface area contributed by atoms with Gasteiger partial charge in [-0.25, -0.2) is 4.79 Å². The van der Waals surface area contributed by atoms with E-state index in [9.17, 15) is 9.90 Å². The van der Waals surface area contributed by atoms with Crippen LogP contribution in [0.15, 0.2) is 48.6 Å². The maximum atomic E-state index is 11.4. The fourth-order valence-corrected chi connectivity index (χ4v) is 5.08. The molecule has 0 amide bonds. The molecule has 0 saturated carbocycles. The lowest BCUT2D eigenvalue weighted by molar-refractivity contribution is 0.0696. The van der Waals surface area contributed by atoms with E-state index in [2.05, 4.69) is 52.5 Å². The maximum Gasteiger partial charge on any atom is 0.335 e. The smallest absolute Gasteiger partial charge is 0.335 e. The summed E-state index contributed by atoms with van der Waals surface area (Å²) in [7, 11) is 0. The minimum Gasteiger partial charge on any atom is -0.492 e. The number of carboxylic acids is 1. The summed E-state index contributed by atoms with van der Waals surface area (Å²) < 4.78 is 6.03. The first-order valence-electron chi connectivity index (χ1n) is 10.3. The number of ether oxygens (including phenoxy) is 1. The highest BCUT2D eigenvalue weighted by molar-refractivity contribution is 5.88. The van der Waals surface area contributed by atoms with Gasteiger partial charge in [0, 0.05) is 5.56 Å². The largest absolute Gasteiger partial charge is 0.492 e. The summed E-state index contributed by atoms with van der Waals surface area (Å²) in [4.78, 5) is 11.4. The van der Waals surface area contributed by atoms with Crippen LogP contribution >= 0.6 is 0 Å². The molecular formula is C26H30O3. The van der Waals surface area contributed by atoms with Gasteiger partial charge in [-0.05, 0) is 59.4 Å². The van der Waals surface area contributed by atoms with Crippen molar-refractivity contribution in [3.05, 3.63) is 76.4 Å². The van der Waals surface area contributed by atoms with E-state index in [1.807, 2.05) is 13.0 Å². The number of carbonyl (C=O) groups is 1. The quantitative estimate of drug-likeness (QED) is 0.655. The number of aromatic carboxylic acids is 1. The van der Waals surface area contributed by atoms with Crippen LogP contribution in [-0.4, -0.2) is 17.7 Å². The summed E-state index contributed by atoms with van der Waals surface area (Å²) in [6.45, 7) is 16.1. The second-order valence-electron chi connectivity index (χ2n) is 10.0. The first kappa shape index (κ1) is 19.8. The van der Waals surface area contributed by atoms with Gasteiger partial charge in [-0.15, -0.1) is 0 Å². The normalized spacial score (nSPS) is 23.6. The van der Waals surface area contributed by atoms with Gasteiger partial charge in [0.25, 0.3) is 0 Å². The number of hydrogen-bond acceptors (Lipinski definition) is 2. The van der Waals surface area contributed by atoms with Crippen molar-refractivity contribution in [1.29, 1.82) is 0 Å². The van der Waals surface area contributed by atoms with Crippen molar-refractivity contribution in [2.45, 2.75) is 63.7 Å². The fraction of sp³-hybridized carbons (Fsp3) is 0.423. The second kappa shape index (κ2) is 6.22. The standard InChI is InChI=1S/C26H30O3/c1-16(2)26(15-29-22-13-17(23(27)28)7-9-20(22)26)18-8-10-19-21(14-18)25(5,6)12-11-24(19,3)4/h7-10,13-14H,1,11-12,15H2,2-6H3,(H,27,28). The van der Waals surface area contributed by atoms with Crippen molar-refractivity contribution in [3.8, 4) is 5.75 Å². The van der Waals surface area contributed by atoms with E-state index in [1.165, 1.54) is 23.1 Å². The summed E-state index contributed by atoms with van der Waals surface area (Å²) in [5.41, 5.74) is 6.09. The molecule has 0 saturated heterocycles. The van der Waals surface area contributed by atoms with Crippen LogP contribution in [0, 0.1) is 0 Å². The molecule has 152 valence electrons. The summed E-state index contributed by atoms with van der Waals surface area (Å²) in [6.07, 6.45) is 2.34. The molecule has 29 heavy (non-hydrogen) atoms. The van der Waals surface area contributed by atoms with E-state index in [-0.39, 0.29) is 16.4 Å². The first-order chi connectivity index (χ1) is 13.5. The molecule has 0 spiro atoms. The minimum atomic E-state index is -0.943. The maximum absolute atomic E-state index is 11.4. The average molecular weight is 391 g/mol. The Hall–Kier alpha value is -2.55. The zero-order valence-electron chi connectivity index (χ0n) is 18.1. The van der Waals surface area contributed by atoms with Gasteiger partial charge in [-0.3, -0.25) is 0 Å². The predicted molar refractivity (Wildman–Crippen MR) is 116 cm³/mol. The highest BCUT2D eigenvalue weighted by Crippen LogP contribution is 2.51. The molecule has 1 unspecified atom stereocenters. The van der Waals surface area contributed by atoms with Gasteiger partial charge in [-0.2, -0.15) is 0 Å². The molecule has 2 aliphatic rings. The second-order valence-corrected chi connectivity index (χ2v) is 10.0. The first-order valence-corrected chi connectivity index (χ1v) is 10.3. The van der Waals surface area contributed by atoms with Gasteiger partial charge in [0.15, 0.2) is 0 Å². The van der Waals surface area contributed by atoms with E-state index in [0.717, 1.165) is 17.6 Å². The van der Waals surface area contributed by atoms with Crippen LogP contribution in [0.2, 0.25) is 0 Å². The Morgan fingerprint density at radius 1 is 0.966 bits per heavy atom. The third-order valence-electron chi connectivity index (χ3n) is 7.21. The number of carboxylic acid groups (broad SMARTS) is 1. The molecule has 3 nitrogen and oxygen atoms in total. The van der Waals surface area contributed by atoms with Crippen LogP contribution in [-0.2, 0) is 16.2 Å². The average Bonchev–Trinajstić information content (AvgIpc) is 3.05. The summed E-state index contributed by atoms with van der Waals surface area (Å²) in [5.74, 6) is -0.299. The lowest BCUT2D eigenvalue weighted by Gasteiger charge is -2.43. The predicted octanol–water partition coefficient (Wildman–Crippen LogP) is 5.99. The van der Waals surface area contributed by atoms with Crippen LogP contribution in [0.25, 0.3) is 0 Å². The molecule has 1 heterocycles. The zero-order valence-corrected chi connectivity index (χ0v) is 18.1. The highest BCUT2D eigenvalue weighted by atomic mass is 16.5. The van der Waals surface area contributed by atoms with Gasteiger partial charge >= 0.3 is 5.97 Å². The van der Waals surface area contributed by atoms with E-state index in [4.69, 9.17) is 4.74 Å². The number of benzene rings is 2. The van der Waals surface area contributed by atoms with Crippen LogP contribution < -0.4 is 4.74 Å². The van der Waals surface area contributed by atoms with Crippen molar-refractivity contribution in [3.63, 3.8) is 0 Å². The van der Waals surface area contributed by atoms with Crippen molar-refractivity contribution < 1.29 is 14.6 Å².